The van der Waals surface area contributed by atoms with Crippen molar-refractivity contribution in [1.82, 2.24) is 14.9 Å². The quantitative estimate of drug-likeness (QED) is 0.561. The van der Waals surface area contributed by atoms with E-state index in [0.717, 1.165) is 15.8 Å². The van der Waals surface area contributed by atoms with Crippen molar-refractivity contribution >= 4 is 11.0 Å². The van der Waals surface area contributed by atoms with Crippen LogP contribution in [0.4, 0.5) is 0 Å². The molecule has 1 N–H and O–H groups in total. The molecule has 0 aliphatic heterocycles. The Morgan fingerprint density at radius 3 is 3.18 bits per heavy atom. The number of pyridine rings is 1. The van der Waals surface area contributed by atoms with Crippen LogP contribution in [-0.2, 0) is 0 Å². The minimum absolute atomic E-state index is 0.449. The third kappa shape index (κ3) is 0.756. The van der Waals surface area contributed by atoms with E-state index in [4.69, 9.17) is 5.21 Å². The molecule has 4 nitrogen and oxygen atoms in total. The predicted octanol–water partition coefficient (Wildman–Crippen LogP) is 0.777. The Kier molecular flexibility index (Phi) is 1.09. The molecule has 0 aliphatic rings. The van der Waals surface area contributed by atoms with Gasteiger partial charge in [0.05, 0.1) is 5.39 Å². The molecule has 2 aromatic heterocycles. The molecule has 0 aromatic carbocycles. The molecule has 0 amide bonds. The molecule has 2 rings (SSSR count). The van der Waals surface area contributed by atoms with Crippen molar-refractivity contribution < 1.29 is 5.21 Å². The lowest BCUT2D eigenvalue weighted by atomic mass is 10.2. The average Bonchev–Trinajstić information content (AvgIpc) is 2.35. The van der Waals surface area contributed by atoms with Crippen LogP contribution in [0.3, 0.4) is 0 Å². The van der Waals surface area contributed by atoms with Crippen molar-refractivity contribution in [3.63, 3.8) is 0 Å². The minimum atomic E-state index is 0.449. The molecule has 0 spiro atoms. The van der Waals surface area contributed by atoms with E-state index in [0.29, 0.717) is 5.65 Å². The second kappa shape index (κ2) is 1.95. The number of nitrogens with zero attached hydrogens (tertiary/aromatic N) is 3. The Labute approximate surface area is 63.1 Å². The van der Waals surface area contributed by atoms with E-state index in [1.165, 1.54) is 0 Å². The van der Waals surface area contributed by atoms with Gasteiger partial charge in [0.25, 0.3) is 0 Å². The number of hydrogen-bond acceptors (Lipinski definition) is 3. The third-order valence-electron chi connectivity index (χ3n) is 1.59. The van der Waals surface area contributed by atoms with Crippen LogP contribution in [0, 0.1) is 13.1 Å². The fourth-order valence-electron chi connectivity index (χ4n) is 0.978. The van der Waals surface area contributed by atoms with Crippen LogP contribution in [0.2, 0.25) is 0 Å². The summed E-state index contributed by atoms with van der Waals surface area (Å²) < 4.78 is 0. The first-order chi connectivity index (χ1) is 5.29. The lowest BCUT2D eigenvalue weighted by molar-refractivity contribution is 0.159. The highest BCUT2D eigenvalue weighted by Crippen LogP contribution is 2.12. The first-order valence-corrected chi connectivity index (χ1v) is 3.20. The summed E-state index contributed by atoms with van der Waals surface area (Å²) in [6, 6.07) is 1.85. The third-order valence-corrected chi connectivity index (χ3v) is 1.59. The van der Waals surface area contributed by atoms with Crippen molar-refractivity contribution in [2.24, 2.45) is 0 Å². The van der Waals surface area contributed by atoms with Crippen molar-refractivity contribution in [3.05, 3.63) is 24.0 Å². The Balaban J connectivity index is 2.94. The molecular weight excluding hydrogens is 142 g/mol. The van der Waals surface area contributed by atoms with Gasteiger partial charge in [0.2, 0.25) is 0 Å². The molecule has 1 radical (unpaired) electrons. The summed E-state index contributed by atoms with van der Waals surface area (Å²) in [6.07, 6.45) is 4.28. The van der Waals surface area contributed by atoms with Crippen LogP contribution >= 0.6 is 0 Å². The summed E-state index contributed by atoms with van der Waals surface area (Å²) in [5, 5.41) is 13.3. The van der Waals surface area contributed by atoms with E-state index < -0.39 is 0 Å². The standard InChI is InChI=1S/C7H6N3O/c1-5-2-3-8-7-6(5)4-9-10(7)11/h2-3,11H,1H3. The van der Waals surface area contributed by atoms with Crippen LogP contribution in [0.15, 0.2) is 12.3 Å². The van der Waals surface area contributed by atoms with Crippen LogP contribution in [0.25, 0.3) is 11.0 Å². The van der Waals surface area contributed by atoms with E-state index in [1.807, 2.05) is 13.0 Å². The molecule has 0 aliphatic carbocycles. The molecule has 2 heterocycles. The van der Waals surface area contributed by atoms with Crippen LogP contribution < -0.4 is 0 Å². The van der Waals surface area contributed by atoms with Gasteiger partial charge in [-0.2, -0.15) is 0 Å². The topological polar surface area (TPSA) is 50.9 Å². The highest BCUT2D eigenvalue weighted by Gasteiger charge is 2.03. The summed E-state index contributed by atoms with van der Waals surface area (Å²) in [5.74, 6) is 0. The minimum Gasteiger partial charge on any atom is -0.410 e. The van der Waals surface area contributed by atoms with E-state index in [2.05, 4.69) is 16.3 Å². The average molecular weight is 148 g/mol. The maximum atomic E-state index is 9.05. The molecule has 2 aromatic rings. The van der Waals surface area contributed by atoms with Crippen LogP contribution in [-0.4, -0.2) is 20.1 Å². The van der Waals surface area contributed by atoms with Crippen LogP contribution in [0.1, 0.15) is 5.56 Å². The summed E-state index contributed by atoms with van der Waals surface area (Å²) in [6.45, 7) is 1.92. The molecular formula is C7H6N3O. The second-order valence-electron chi connectivity index (χ2n) is 2.33. The highest BCUT2D eigenvalue weighted by molar-refractivity contribution is 5.76. The molecule has 0 atom stereocenters. The monoisotopic (exact) mass is 148 g/mol. The van der Waals surface area contributed by atoms with E-state index in [9.17, 15) is 0 Å². The Bertz CT molecular complexity index is 393. The lowest BCUT2D eigenvalue weighted by Gasteiger charge is -1.92. The first kappa shape index (κ1) is 6.15. The maximum Gasteiger partial charge on any atom is 0.199 e. The number of hydrogen-bond donors (Lipinski definition) is 1. The Morgan fingerprint density at radius 1 is 1.64 bits per heavy atom. The fraction of sp³-hybridized carbons (Fsp3) is 0.143. The molecule has 0 fully saturated rings. The SMILES string of the molecule is Cc1ccnc2c1[c]nn2O. The molecule has 0 saturated carbocycles. The maximum absolute atomic E-state index is 9.05. The lowest BCUT2D eigenvalue weighted by Crippen LogP contribution is -1.92. The zero-order chi connectivity index (χ0) is 7.84. The van der Waals surface area contributed by atoms with Crippen molar-refractivity contribution in [2.45, 2.75) is 6.92 Å². The zero-order valence-electron chi connectivity index (χ0n) is 5.94. The van der Waals surface area contributed by atoms with E-state index in [1.54, 1.807) is 6.20 Å². The molecule has 0 unspecified atom stereocenters. The van der Waals surface area contributed by atoms with Gasteiger partial charge in [-0.05, 0) is 18.6 Å². The largest absolute Gasteiger partial charge is 0.410 e. The van der Waals surface area contributed by atoms with Gasteiger partial charge in [-0.3, -0.25) is 0 Å². The summed E-state index contributed by atoms with van der Waals surface area (Å²) >= 11 is 0. The van der Waals surface area contributed by atoms with Gasteiger partial charge < -0.3 is 5.21 Å². The Hall–Kier alpha value is -1.58. The second-order valence-corrected chi connectivity index (χ2v) is 2.33. The number of rotatable bonds is 0. The van der Waals surface area contributed by atoms with Gasteiger partial charge in [0, 0.05) is 6.20 Å². The first-order valence-electron chi connectivity index (χ1n) is 3.20. The molecule has 4 heteroatoms. The molecule has 55 valence electrons. The van der Waals surface area contributed by atoms with E-state index in [-0.39, 0.29) is 0 Å². The normalized spacial score (nSPS) is 10.6. The number of fused-ring (bicyclic) bond motifs is 1. The fourth-order valence-corrected chi connectivity index (χ4v) is 0.978. The summed E-state index contributed by atoms with van der Waals surface area (Å²) in [7, 11) is 0. The summed E-state index contributed by atoms with van der Waals surface area (Å²) in [5.41, 5.74) is 1.46. The van der Waals surface area contributed by atoms with Gasteiger partial charge in [-0.15, -0.1) is 5.10 Å². The molecule has 0 bridgehead atoms. The van der Waals surface area contributed by atoms with Gasteiger partial charge in [-0.25, -0.2) is 4.98 Å². The van der Waals surface area contributed by atoms with Crippen molar-refractivity contribution in [2.75, 3.05) is 0 Å². The smallest absolute Gasteiger partial charge is 0.199 e. The van der Waals surface area contributed by atoms with Gasteiger partial charge >= 0.3 is 0 Å². The number of aryl methyl sites for hydroxylation is 1. The highest BCUT2D eigenvalue weighted by atomic mass is 16.5. The number of aromatic nitrogens is 3. The van der Waals surface area contributed by atoms with Crippen LogP contribution in [0.5, 0.6) is 0 Å². The van der Waals surface area contributed by atoms with Crippen molar-refractivity contribution in [3.8, 4) is 0 Å². The predicted molar refractivity (Wildman–Crippen MR) is 38.3 cm³/mol. The molecule has 0 saturated heterocycles. The van der Waals surface area contributed by atoms with Gasteiger partial charge in [0.15, 0.2) is 5.65 Å². The summed E-state index contributed by atoms with van der Waals surface area (Å²) in [4.78, 5) is 4.65. The van der Waals surface area contributed by atoms with E-state index >= 15 is 0 Å². The van der Waals surface area contributed by atoms with Gasteiger partial charge in [-0.1, -0.05) is 4.85 Å². The Morgan fingerprint density at radius 2 is 2.45 bits per heavy atom. The van der Waals surface area contributed by atoms with Crippen molar-refractivity contribution in [1.29, 1.82) is 0 Å². The zero-order valence-corrected chi connectivity index (χ0v) is 5.94. The molecule has 11 heavy (non-hydrogen) atoms. The van der Waals surface area contributed by atoms with Gasteiger partial charge in [0.1, 0.15) is 6.20 Å².